The van der Waals surface area contributed by atoms with E-state index in [9.17, 15) is 9.59 Å². The Bertz CT molecular complexity index is 400. The number of nitrogens with zero attached hydrogens (tertiary/aromatic N) is 1. The third-order valence-electron chi connectivity index (χ3n) is 3.04. The Morgan fingerprint density at radius 3 is 2.94 bits per heavy atom. The van der Waals surface area contributed by atoms with E-state index < -0.39 is 0 Å². The van der Waals surface area contributed by atoms with Gasteiger partial charge in [-0.05, 0) is 31.4 Å². The van der Waals surface area contributed by atoms with Gasteiger partial charge in [0.05, 0.1) is 6.26 Å². The summed E-state index contributed by atoms with van der Waals surface area (Å²) in [5.41, 5.74) is 0. The number of likely N-dealkylation sites (tertiary alicyclic amines) is 1. The SMILES string of the molecule is CNC(=O)[C@H]1CCCCN1C(=O)c1ccco1. The molecule has 1 aliphatic heterocycles. The minimum Gasteiger partial charge on any atom is -0.459 e. The highest BCUT2D eigenvalue weighted by atomic mass is 16.3. The smallest absolute Gasteiger partial charge is 0.290 e. The first kappa shape index (κ1) is 11.7. The summed E-state index contributed by atoms with van der Waals surface area (Å²) in [6.07, 6.45) is 4.08. The van der Waals surface area contributed by atoms with E-state index in [1.807, 2.05) is 0 Å². The van der Waals surface area contributed by atoms with Crippen molar-refractivity contribution in [3.8, 4) is 0 Å². The fourth-order valence-electron chi connectivity index (χ4n) is 2.16. The maximum absolute atomic E-state index is 12.1. The Balaban J connectivity index is 2.16. The Hall–Kier alpha value is -1.78. The van der Waals surface area contributed by atoms with Crippen LogP contribution in [-0.2, 0) is 4.79 Å². The molecule has 17 heavy (non-hydrogen) atoms. The fraction of sp³-hybridized carbons (Fsp3) is 0.500. The average Bonchev–Trinajstić information content (AvgIpc) is 2.91. The lowest BCUT2D eigenvalue weighted by atomic mass is 10.0. The molecule has 5 heteroatoms. The van der Waals surface area contributed by atoms with Gasteiger partial charge in [0.25, 0.3) is 5.91 Å². The van der Waals surface area contributed by atoms with Crippen molar-refractivity contribution in [2.75, 3.05) is 13.6 Å². The minimum atomic E-state index is -0.369. The van der Waals surface area contributed by atoms with Gasteiger partial charge in [-0.3, -0.25) is 9.59 Å². The van der Waals surface area contributed by atoms with Crippen LogP contribution in [0.5, 0.6) is 0 Å². The van der Waals surface area contributed by atoms with Crippen LogP contribution in [0.2, 0.25) is 0 Å². The molecule has 1 fully saturated rings. The van der Waals surface area contributed by atoms with Crippen LogP contribution in [0, 0.1) is 0 Å². The second-order valence-electron chi connectivity index (χ2n) is 4.10. The summed E-state index contributed by atoms with van der Waals surface area (Å²) in [7, 11) is 1.59. The molecular weight excluding hydrogens is 220 g/mol. The van der Waals surface area contributed by atoms with Gasteiger partial charge in [0.1, 0.15) is 6.04 Å². The molecule has 1 N–H and O–H groups in total. The standard InChI is InChI=1S/C12H16N2O3/c1-13-11(15)9-5-2-3-7-14(9)12(16)10-6-4-8-17-10/h4,6,8-9H,2-3,5,7H2,1H3,(H,13,15)/t9-/m1/s1. The molecule has 1 aromatic rings. The van der Waals surface area contributed by atoms with E-state index in [0.29, 0.717) is 18.7 Å². The molecule has 92 valence electrons. The number of hydrogen-bond acceptors (Lipinski definition) is 3. The summed E-state index contributed by atoms with van der Waals surface area (Å²) < 4.78 is 5.09. The van der Waals surface area contributed by atoms with E-state index in [1.165, 1.54) is 6.26 Å². The lowest BCUT2D eigenvalue weighted by Gasteiger charge is -2.33. The number of amides is 2. The van der Waals surface area contributed by atoms with Gasteiger partial charge in [-0.15, -0.1) is 0 Å². The number of likely N-dealkylation sites (N-methyl/N-ethyl adjacent to an activating group) is 1. The first-order chi connectivity index (χ1) is 8.24. The van der Waals surface area contributed by atoms with Gasteiger partial charge in [-0.2, -0.15) is 0 Å². The van der Waals surface area contributed by atoms with Gasteiger partial charge < -0.3 is 14.6 Å². The topological polar surface area (TPSA) is 62.6 Å². The molecule has 0 radical (unpaired) electrons. The lowest BCUT2D eigenvalue weighted by molar-refractivity contribution is -0.126. The zero-order valence-electron chi connectivity index (χ0n) is 9.81. The number of hydrogen-bond donors (Lipinski definition) is 1. The molecule has 0 aliphatic carbocycles. The van der Waals surface area contributed by atoms with E-state index in [4.69, 9.17) is 4.42 Å². The van der Waals surface area contributed by atoms with Crippen LogP contribution in [0.4, 0.5) is 0 Å². The second kappa shape index (κ2) is 5.03. The Kier molecular flexibility index (Phi) is 3.46. The van der Waals surface area contributed by atoms with E-state index in [2.05, 4.69) is 5.32 Å². The van der Waals surface area contributed by atoms with Crippen LogP contribution in [-0.4, -0.2) is 36.3 Å². The molecule has 1 saturated heterocycles. The third-order valence-corrected chi connectivity index (χ3v) is 3.04. The zero-order chi connectivity index (χ0) is 12.3. The van der Waals surface area contributed by atoms with Gasteiger partial charge in [-0.25, -0.2) is 0 Å². The fourth-order valence-corrected chi connectivity index (χ4v) is 2.16. The third kappa shape index (κ3) is 2.33. The van der Waals surface area contributed by atoms with Crippen molar-refractivity contribution < 1.29 is 14.0 Å². The molecule has 0 spiro atoms. The number of nitrogens with one attached hydrogen (secondary N) is 1. The summed E-state index contributed by atoms with van der Waals surface area (Å²) in [5, 5.41) is 2.60. The van der Waals surface area contributed by atoms with Crippen LogP contribution >= 0.6 is 0 Å². The van der Waals surface area contributed by atoms with Crippen LogP contribution < -0.4 is 5.32 Å². The summed E-state index contributed by atoms with van der Waals surface area (Å²) in [5.74, 6) is -0.0197. The number of carbonyl (C=O) groups is 2. The number of furan rings is 1. The largest absolute Gasteiger partial charge is 0.459 e. The van der Waals surface area contributed by atoms with Crippen LogP contribution in [0.3, 0.4) is 0 Å². The molecule has 0 aromatic carbocycles. The molecular formula is C12H16N2O3. The Morgan fingerprint density at radius 1 is 1.47 bits per heavy atom. The van der Waals surface area contributed by atoms with Gasteiger partial charge in [0.2, 0.25) is 5.91 Å². The summed E-state index contributed by atoms with van der Waals surface area (Å²) in [6, 6.07) is 2.93. The molecule has 0 unspecified atom stereocenters. The molecule has 0 bridgehead atoms. The molecule has 0 saturated carbocycles. The summed E-state index contributed by atoms with van der Waals surface area (Å²) in [6.45, 7) is 0.609. The monoisotopic (exact) mass is 236 g/mol. The molecule has 1 atom stereocenters. The minimum absolute atomic E-state index is 0.107. The van der Waals surface area contributed by atoms with Gasteiger partial charge >= 0.3 is 0 Å². The van der Waals surface area contributed by atoms with Crippen molar-refractivity contribution in [3.63, 3.8) is 0 Å². The Labute approximate surface area is 99.8 Å². The van der Waals surface area contributed by atoms with Crippen molar-refractivity contribution in [3.05, 3.63) is 24.2 Å². The van der Waals surface area contributed by atoms with Crippen LogP contribution in [0.15, 0.2) is 22.8 Å². The zero-order valence-corrected chi connectivity index (χ0v) is 9.81. The quantitative estimate of drug-likeness (QED) is 0.834. The average molecular weight is 236 g/mol. The predicted octanol–water partition coefficient (Wildman–Crippen LogP) is 1.02. The van der Waals surface area contributed by atoms with E-state index >= 15 is 0 Å². The van der Waals surface area contributed by atoms with Gasteiger partial charge in [-0.1, -0.05) is 0 Å². The molecule has 5 nitrogen and oxygen atoms in total. The highest BCUT2D eigenvalue weighted by Crippen LogP contribution is 2.20. The molecule has 2 heterocycles. The summed E-state index contributed by atoms with van der Waals surface area (Å²) >= 11 is 0. The molecule has 2 rings (SSSR count). The number of piperidine rings is 1. The predicted molar refractivity (Wildman–Crippen MR) is 61.5 cm³/mol. The van der Waals surface area contributed by atoms with Crippen molar-refractivity contribution in [1.82, 2.24) is 10.2 Å². The van der Waals surface area contributed by atoms with Crippen molar-refractivity contribution in [1.29, 1.82) is 0 Å². The summed E-state index contributed by atoms with van der Waals surface area (Å²) in [4.78, 5) is 25.5. The second-order valence-corrected chi connectivity index (χ2v) is 4.10. The van der Waals surface area contributed by atoms with E-state index in [-0.39, 0.29) is 17.9 Å². The van der Waals surface area contributed by atoms with Crippen molar-refractivity contribution in [2.24, 2.45) is 0 Å². The van der Waals surface area contributed by atoms with Gasteiger partial charge in [0, 0.05) is 13.6 Å². The van der Waals surface area contributed by atoms with Gasteiger partial charge in [0.15, 0.2) is 5.76 Å². The first-order valence-corrected chi connectivity index (χ1v) is 5.80. The molecule has 1 aromatic heterocycles. The number of carbonyl (C=O) groups excluding carboxylic acids is 2. The molecule has 2 amide bonds. The lowest BCUT2D eigenvalue weighted by Crippen LogP contribution is -2.51. The normalized spacial score (nSPS) is 20.1. The van der Waals surface area contributed by atoms with E-state index in [1.54, 1.807) is 24.1 Å². The van der Waals surface area contributed by atoms with Crippen molar-refractivity contribution >= 4 is 11.8 Å². The number of rotatable bonds is 2. The Morgan fingerprint density at radius 2 is 2.29 bits per heavy atom. The highest BCUT2D eigenvalue weighted by Gasteiger charge is 2.32. The maximum Gasteiger partial charge on any atom is 0.290 e. The first-order valence-electron chi connectivity index (χ1n) is 5.80. The van der Waals surface area contributed by atoms with Crippen molar-refractivity contribution in [2.45, 2.75) is 25.3 Å². The van der Waals surface area contributed by atoms with Crippen LogP contribution in [0.25, 0.3) is 0 Å². The maximum atomic E-state index is 12.1. The van der Waals surface area contributed by atoms with E-state index in [0.717, 1.165) is 12.8 Å². The highest BCUT2D eigenvalue weighted by molar-refractivity contribution is 5.95. The molecule has 1 aliphatic rings. The van der Waals surface area contributed by atoms with Crippen LogP contribution in [0.1, 0.15) is 29.8 Å².